The summed E-state index contributed by atoms with van der Waals surface area (Å²) in [5.41, 5.74) is 5.30. The van der Waals surface area contributed by atoms with Crippen LogP contribution in [0.5, 0.6) is 11.5 Å². The number of fused-ring (bicyclic) bond motifs is 3. The molecule has 1 fully saturated rings. The number of aryl methyl sites for hydroxylation is 1. The minimum Gasteiger partial charge on any atom is -0.497 e. The summed E-state index contributed by atoms with van der Waals surface area (Å²) >= 11 is 0. The largest absolute Gasteiger partial charge is 0.497 e. The SMILES string of the molecule is CCc1ccc(NC(=O)N(CC(=O)N2c3ccccc3-n3cccc3C2c2cc(OC)ccc2OC)C2CC2)cc1. The van der Waals surface area contributed by atoms with Crippen LogP contribution < -0.4 is 19.7 Å². The summed E-state index contributed by atoms with van der Waals surface area (Å²) in [6, 6.07) is 24.6. The van der Waals surface area contributed by atoms with E-state index in [-0.39, 0.29) is 24.5 Å². The van der Waals surface area contributed by atoms with Crippen LogP contribution in [-0.2, 0) is 11.2 Å². The Kier molecular flexibility index (Phi) is 7.14. The monoisotopic (exact) mass is 550 g/mol. The molecule has 41 heavy (non-hydrogen) atoms. The number of ether oxygens (including phenoxy) is 2. The Bertz CT molecular complexity index is 1570. The summed E-state index contributed by atoms with van der Waals surface area (Å²) in [4.78, 5) is 31.4. The molecule has 1 atom stereocenters. The topological polar surface area (TPSA) is 76.0 Å². The molecule has 1 aliphatic carbocycles. The first-order valence-corrected chi connectivity index (χ1v) is 14.0. The number of amides is 3. The number of hydrogen-bond donors (Lipinski definition) is 1. The van der Waals surface area contributed by atoms with E-state index in [9.17, 15) is 9.59 Å². The van der Waals surface area contributed by atoms with Gasteiger partial charge >= 0.3 is 6.03 Å². The van der Waals surface area contributed by atoms with E-state index in [0.717, 1.165) is 41.9 Å². The molecule has 6 rings (SSSR count). The van der Waals surface area contributed by atoms with Gasteiger partial charge in [0.15, 0.2) is 0 Å². The third-order valence-electron chi connectivity index (χ3n) is 7.89. The van der Waals surface area contributed by atoms with Gasteiger partial charge in [0.05, 0.1) is 31.3 Å². The van der Waals surface area contributed by atoms with E-state index in [2.05, 4.69) is 16.8 Å². The average Bonchev–Trinajstić information content (AvgIpc) is 3.73. The number of nitrogens with one attached hydrogen (secondary N) is 1. The quantitative estimate of drug-likeness (QED) is 0.284. The highest BCUT2D eigenvalue weighted by atomic mass is 16.5. The van der Waals surface area contributed by atoms with Gasteiger partial charge in [-0.1, -0.05) is 31.2 Å². The van der Waals surface area contributed by atoms with Crippen LogP contribution in [0.25, 0.3) is 5.69 Å². The number of rotatable bonds is 8. The lowest BCUT2D eigenvalue weighted by Crippen LogP contribution is -2.48. The molecule has 3 aromatic carbocycles. The van der Waals surface area contributed by atoms with Crippen molar-refractivity contribution < 1.29 is 19.1 Å². The van der Waals surface area contributed by atoms with Gasteiger partial charge in [0.25, 0.3) is 0 Å². The Morgan fingerprint density at radius 2 is 1.68 bits per heavy atom. The van der Waals surface area contributed by atoms with E-state index in [0.29, 0.717) is 17.2 Å². The minimum absolute atomic E-state index is 0.0302. The van der Waals surface area contributed by atoms with E-state index in [1.165, 1.54) is 5.56 Å². The molecule has 2 aliphatic rings. The number of nitrogens with zero attached hydrogens (tertiary/aromatic N) is 3. The van der Waals surface area contributed by atoms with Crippen molar-refractivity contribution in [1.29, 1.82) is 0 Å². The van der Waals surface area contributed by atoms with Crippen molar-refractivity contribution in [3.05, 3.63) is 102 Å². The van der Waals surface area contributed by atoms with Crippen molar-refractivity contribution in [3.63, 3.8) is 0 Å². The van der Waals surface area contributed by atoms with Gasteiger partial charge in [-0.2, -0.15) is 0 Å². The van der Waals surface area contributed by atoms with Crippen molar-refractivity contribution in [3.8, 4) is 17.2 Å². The van der Waals surface area contributed by atoms with Crippen LogP contribution in [0.2, 0.25) is 0 Å². The Hall–Kier alpha value is -4.72. The number of carbonyl (C=O) groups excluding carboxylic acids is 2. The van der Waals surface area contributed by atoms with Crippen LogP contribution in [-0.4, -0.2) is 48.2 Å². The molecule has 1 aromatic heterocycles. The molecular weight excluding hydrogens is 516 g/mol. The van der Waals surface area contributed by atoms with Crippen molar-refractivity contribution in [1.82, 2.24) is 9.47 Å². The molecule has 3 amide bonds. The van der Waals surface area contributed by atoms with Crippen molar-refractivity contribution in [2.45, 2.75) is 38.3 Å². The second kappa shape index (κ2) is 11.0. The highest BCUT2D eigenvalue weighted by Crippen LogP contribution is 2.45. The van der Waals surface area contributed by atoms with E-state index >= 15 is 0 Å². The van der Waals surface area contributed by atoms with Gasteiger partial charge in [0.2, 0.25) is 5.91 Å². The van der Waals surface area contributed by atoms with Gasteiger partial charge < -0.3 is 24.3 Å². The number of hydrogen-bond acceptors (Lipinski definition) is 4. The number of para-hydroxylation sites is 2. The van der Waals surface area contributed by atoms with Crippen LogP contribution in [0, 0.1) is 0 Å². The summed E-state index contributed by atoms with van der Waals surface area (Å²) in [7, 11) is 3.24. The Morgan fingerprint density at radius 1 is 0.927 bits per heavy atom. The molecule has 1 saturated carbocycles. The fourth-order valence-corrected chi connectivity index (χ4v) is 5.60. The summed E-state index contributed by atoms with van der Waals surface area (Å²) in [5, 5.41) is 3.01. The number of anilines is 2. The zero-order valence-corrected chi connectivity index (χ0v) is 23.5. The molecule has 0 radical (unpaired) electrons. The molecule has 0 spiro atoms. The van der Waals surface area contributed by atoms with E-state index in [1.807, 2.05) is 85.1 Å². The van der Waals surface area contributed by atoms with Crippen molar-refractivity contribution in [2.75, 3.05) is 31.0 Å². The number of urea groups is 1. The third-order valence-corrected chi connectivity index (χ3v) is 7.89. The van der Waals surface area contributed by atoms with Gasteiger partial charge in [-0.05, 0) is 79.4 Å². The molecular formula is C33H34N4O4. The molecule has 1 N–H and O–H groups in total. The highest BCUT2D eigenvalue weighted by Gasteiger charge is 2.41. The maximum absolute atomic E-state index is 14.4. The minimum atomic E-state index is -0.497. The number of benzene rings is 3. The molecule has 1 aliphatic heterocycles. The van der Waals surface area contributed by atoms with Gasteiger partial charge in [0, 0.05) is 23.5 Å². The molecule has 0 bridgehead atoms. The predicted molar refractivity (Wildman–Crippen MR) is 159 cm³/mol. The van der Waals surface area contributed by atoms with Crippen LogP contribution in [0.1, 0.15) is 42.6 Å². The molecule has 0 saturated heterocycles. The molecule has 1 unspecified atom stereocenters. The highest BCUT2D eigenvalue weighted by molar-refractivity contribution is 6.01. The van der Waals surface area contributed by atoms with Gasteiger partial charge in [-0.15, -0.1) is 0 Å². The van der Waals surface area contributed by atoms with Crippen molar-refractivity contribution >= 4 is 23.3 Å². The van der Waals surface area contributed by atoms with E-state index in [4.69, 9.17) is 9.47 Å². The zero-order valence-electron chi connectivity index (χ0n) is 23.5. The fourth-order valence-electron chi connectivity index (χ4n) is 5.60. The normalized spacial score (nSPS) is 15.5. The maximum Gasteiger partial charge on any atom is 0.322 e. The molecule has 2 heterocycles. The lowest BCUT2D eigenvalue weighted by Gasteiger charge is -2.40. The first-order valence-electron chi connectivity index (χ1n) is 14.0. The average molecular weight is 551 g/mol. The Morgan fingerprint density at radius 3 is 2.37 bits per heavy atom. The van der Waals surface area contributed by atoms with Crippen LogP contribution in [0.3, 0.4) is 0 Å². The second-order valence-corrected chi connectivity index (χ2v) is 10.4. The van der Waals surface area contributed by atoms with Crippen LogP contribution in [0.4, 0.5) is 16.2 Å². The van der Waals surface area contributed by atoms with Gasteiger partial charge in [0.1, 0.15) is 24.1 Å². The maximum atomic E-state index is 14.4. The number of aromatic nitrogens is 1. The summed E-state index contributed by atoms with van der Waals surface area (Å²) in [6.07, 6.45) is 4.68. The molecule has 210 valence electrons. The lowest BCUT2D eigenvalue weighted by molar-refractivity contribution is -0.119. The molecule has 8 nitrogen and oxygen atoms in total. The second-order valence-electron chi connectivity index (χ2n) is 10.4. The summed E-state index contributed by atoms with van der Waals surface area (Å²) in [5.74, 6) is 1.13. The lowest BCUT2D eigenvalue weighted by atomic mass is 9.96. The standard InChI is InChI=1S/C33H34N4O4/c1-4-22-11-13-23(14-12-22)34-33(39)36(24-15-16-24)21-31(38)37-28-9-6-5-8-27(28)35-19-7-10-29(35)32(37)26-20-25(40-2)17-18-30(26)41-3/h5-14,17-20,24,32H,4,15-16,21H2,1-3H3,(H,34,39). The van der Waals surface area contributed by atoms with Gasteiger partial charge in [-0.25, -0.2) is 4.79 Å². The summed E-state index contributed by atoms with van der Waals surface area (Å²) in [6.45, 7) is 2.04. The fraction of sp³-hybridized carbons (Fsp3) is 0.273. The van der Waals surface area contributed by atoms with E-state index in [1.54, 1.807) is 24.0 Å². The predicted octanol–water partition coefficient (Wildman–Crippen LogP) is 6.19. The summed E-state index contributed by atoms with van der Waals surface area (Å²) < 4.78 is 13.4. The number of methoxy groups -OCH3 is 2. The molecule has 4 aromatic rings. The first-order chi connectivity index (χ1) is 20.0. The molecule has 8 heteroatoms. The van der Waals surface area contributed by atoms with Crippen LogP contribution in [0.15, 0.2) is 85.1 Å². The smallest absolute Gasteiger partial charge is 0.322 e. The Labute approximate surface area is 240 Å². The zero-order chi connectivity index (χ0) is 28.5. The Balaban J connectivity index is 1.38. The van der Waals surface area contributed by atoms with Crippen LogP contribution >= 0.6 is 0 Å². The van der Waals surface area contributed by atoms with E-state index < -0.39 is 6.04 Å². The van der Waals surface area contributed by atoms with Crippen molar-refractivity contribution in [2.24, 2.45) is 0 Å². The third kappa shape index (κ3) is 5.01. The van der Waals surface area contributed by atoms with Gasteiger partial charge in [-0.3, -0.25) is 9.69 Å². The number of carbonyl (C=O) groups is 2. The first kappa shape index (κ1) is 26.5.